The number of nitro groups is 1. The van der Waals surface area contributed by atoms with Gasteiger partial charge in [0.25, 0.3) is 11.6 Å². The lowest BCUT2D eigenvalue weighted by atomic mass is 9.99. The quantitative estimate of drug-likeness (QED) is 0.619. The lowest BCUT2D eigenvalue weighted by Gasteiger charge is -2.31. The molecule has 102 valence electrons. The number of piperidine rings is 1. The molecule has 1 atom stereocenters. The summed E-state index contributed by atoms with van der Waals surface area (Å²) in [5, 5.41) is 10.9. The fraction of sp³-hybridized carbons (Fsp3) is 0.462. The van der Waals surface area contributed by atoms with Crippen LogP contribution < -0.4 is 0 Å². The highest BCUT2D eigenvalue weighted by atomic mass is 79.9. The molecule has 1 unspecified atom stereocenters. The van der Waals surface area contributed by atoms with E-state index in [0.717, 1.165) is 19.4 Å². The van der Waals surface area contributed by atoms with Gasteiger partial charge in [0.05, 0.1) is 10.5 Å². The van der Waals surface area contributed by atoms with Gasteiger partial charge < -0.3 is 4.90 Å². The number of nitro benzene ring substituents is 1. The Labute approximate surface area is 119 Å². The Morgan fingerprint density at radius 2 is 2.26 bits per heavy atom. The van der Waals surface area contributed by atoms with Gasteiger partial charge in [-0.15, -0.1) is 0 Å². The molecule has 2 rings (SSSR count). The van der Waals surface area contributed by atoms with Crippen LogP contribution in [0.25, 0.3) is 0 Å². The SMILES string of the molecule is CC1CCCN(C(=O)c2cccc([N+](=O)[O-])c2Br)C1. The van der Waals surface area contributed by atoms with Gasteiger partial charge in [-0.05, 0) is 40.8 Å². The highest BCUT2D eigenvalue weighted by Gasteiger charge is 2.26. The van der Waals surface area contributed by atoms with E-state index in [0.29, 0.717) is 18.0 Å². The molecule has 6 heteroatoms. The second-order valence-corrected chi connectivity index (χ2v) is 5.69. The Kier molecular flexibility index (Phi) is 4.19. The van der Waals surface area contributed by atoms with Crippen molar-refractivity contribution in [2.24, 2.45) is 5.92 Å². The van der Waals surface area contributed by atoms with Crippen LogP contribution in [0.5, 0.6) is 0 Å². The lowest BCUT2D eigenvalue weighted by Crippen LogP contribution is -2.39. The zero-order chi connectivity index (χ0) is 14.0. The summed E-state index contributed by atoms with van der Waals surface area (Å²) in [5.74, 6) is 0.345. The highest BCUT2D eigenvalue weighted by Crippen LogP contribution is 2.30. The third-order valence-corrected chi connectivity index (χ3v) is 4.18. The average Bonchev–Trinajstić information content (AvgIpc) is 2.38. The minimum atomic E-state index is -0.486. The molecule has 0 aliphatic carbocycles. The molecule has 19 heavy (non-hydrogen) atoms. The van der Waals surface area contributed by atoms with Crippen LogP contribution in [-0.2, 0) is 0 Å². The molecule has 1 aliphatic heterocycles. The minimum Gasteiger partial charge on any atom is -0.338 e. The maximum Gasteiger partial charge on any atom is 0.284 e. The van der Waals surface area contributed by atoms with Crippen molar-refractivity contribution in [2.45, 2.75) is 19.8 Å². The molecule has 1 saturated heterocycles. The number of hydrogen-bond acceptors (Lipinski definition) is 3. The molecule has 0 bridgehead atoms. The third kappa shape index (κ3) is 2.94. The van der Waals surface area contributed by atoms with Gasteiger partial charge in [0.1, 0.15) is 4.47 Å². The van der Waals surface area contributed by atoms with Crippen molar-refractivity contribution in [1.29, 1.82) is 0 Å². The number of hydrogen-bond donors (Lipinski definition) is 0. The van der Waals surface area contributed by atoms with E-state index in [1.165, 1.54) is 6.07 Å². The number of likely N-dealkylation sites (tertiary alicyclic amines) is 1. The first-order chi connectivity index (χ1) is 9.00. The topological polar surface area (TPSA) is 63.5 Å². The molecule has 5 nitrogen and oxygen atoms in total. The van der Waals surface area contributed by atoms with Crippen molar-refractivity contribution < 1.29 is 9.72 Å². The molecule has 1 heterocycles. The first kappa shape index (κ1) is 14.0. The second kappa shape index (κ2) is 5.69. The normalized spacial score (nSPS) is 19.3. The van der Waals surface area contributed by atoms with Crippen LogP contribution in [0.2, 0.25) is 0 Å². The predicted molar refractivity (Wildman–Crippen MR) is 75.1 cm³/mol. The maximum atomic E-state index is 12.4. The van der Waals surface area contributed by atoms with Gasteiger partial charge in [0.2, 0.25) is 0 Å². The van der Waals surface area contributed by atoms with E-state index >= 15 is 0 Å². The molecule has 0 N–H and O–H groups in total. The van der Waals surface area contributed by atoms with E-state index in [1.54, 1.807) is 17.0 Å². The van der Waals surface area contributed by atoms with Crippen LogP contribution in [0.15, 0.2) is 22.7 Å². The molecule has 0 saturated carbocycles. The van der Waals surface area contributed by atoms with E-state index in [2.05, 4.69) is 22.9 Å². The summed E-state index contributed by atoms with van der Waals surface area (Å²) in [7, 11) is 0. The number of carbonyl (C=O) groups excluding carboxylic acids is 1. The number of rotatable bonds is 2. The summed E-state index contributed by atoms with van der Waals surface area (Å²) >= 11 is 3.18. The molecule has 1 aliphatic rings. The second-order valence-electron chi connectivity index (χ2n) is 4.89. The fourth-order valence-corrected chi connectivity index (χ4v) is 2.95. The molecular formula is C13H15BrN2O3. The van der Waals surface area contributed by atoms with E-state index in [4.69, 9.17) is 0 Å². The van der Waals surface area contributed by atoms with Crippen LogP contribution >= 0.6 is 15.9 Å². The van der Waals surface area contributed by atoms with E-state index in [9.17, 15) is 14.9 Å². The molecule has 1 amide bonds. The van der Waals surface area contributed by atoms with Crippen molar-refractivity contribution in [3.63, 3.8) is 0 Å². The van der Waals surface area contributed by atoms with Gasteiger partial charge >= 0.3 is 0 Å². The molecule has 1 aromatic carbocycles. The van der Waals surface area contributed by atoms with Crippen molar-refractivity contribution in [1.82, 2.24) is 4.90 Å². The molecule has 0 radical (unpaired) electrons. The minimum absolute atomic E-state index is 0.0732. The molecule has 0 aromatic heterocycles. The molecule has 1 aromatic rings. The summed E-state index contributed by atoms with van der Waals surface area (Å²) in [4.78, 5) is 24.6. The maximum absolute atomic E-state index is 12.4. The van der Waals surface area contributed by atoms with Gasteiger partial charge in [0.15, 0.2) is 0 Å². The zero-order valence-electron chi connectivity index (χ0n) is 10.6. The summed E-state index contributed by atoms with van der Waals surface area (Å²) in [5.41, 5.74) is 0.291. The summed E-state index contributed by atoms with van der Waals surface area (Å²) in [6.45, 7) is 3.55. The van der Waals surface area contributed by atoms with Crippen molar-refractivity contribution in [3.8, 4) is 0 Å². The smallest absolute Gasteiger partial charge is 0.284 e. The number of nitrogens with zero attached hydrogens (tertiary/aromatic N) is 2. The monoisotopic (exact) mass is 326 g/mol. The Hall–Kier alpha value is -1.43. The average molecular weight is 327 g/mol. The van der Waals surface area contributed by atoms with Gasteiger partial charge in [-0.3, -0.25) is 14.9 Å². The molecular weight excluding hydrogens is 312 g/mol. The Balaban J connectivity index is 2.28. The van der Waals surface area contributed by atoms with Crippen LogP contribution in [0.4, 0.5) is 5.69 Å². The first-order valence-corrected chi connectivity index (χ1v) is 7.02. The number of benzene rings is 1. The summed E-state index contributed by atoms with van der Waals surface area (Å²) in [6.07, 6.45) is 2.11. The third-order valence-electron chi connectivity index (χ3n) is 3.35. The summed E-state index contributed by atoms with van der Waals surface area (Å²) < 4.78 is 0.267. The van der Waals surface area contributed by atoms with Crippen LogP contribution in [0.1, 0.15) is 30.1 Å². The van der Waals surface area contributed by atoms with Crippen LogP contribution in [-0.4, -0.2) is 28.8 Å². The Bertz CT molecular complexity index is 519. The van der Waals surface area contributed by atoms with Crippen molar-refractivity contribution in [3.05, 3.63) is 38.3 Å². The van der Waals surface area contributed by atoms with Gasteiger partial charge in [-0.25, -0.2) is 0 Å². The number of halogens is 1. The predicted octanol–water partition coefficient (Wildman–Crippen LogP) is 3.23. The van der Waals surface area contributed by atoms with Crippen molar-refractivity contribution in [2.75, 3.05) is 13.1 Å². The largest absolute Gasteiger partial charge is 0.338 e. The van der Waals surface area contributed by atoms with Crippen LogP contribution in [0.3, 0.4) is 0 Å². The molecule has 0 spiro atoms. The Morgan fingerprint density at radius 1 is 1.53 bits per heavy atom. The summed E-state index contributed by atoms with van der Waals surface area (Å²) in [6, 6.07) is 4.56. The van der Waals surface area contributed by atoms with Crippen LogP contribution in [0, 0.1) is 16.0 Å². The Morgan fingerprint density at radius 3 is 2.89 bits per heavy atom. The molecule has 1 fully saturated rings. The number of amides is 1. The zero-order valence-corrected chi connectivity index (χ0v) is 12.2. The van der Waals surface area contributed by atoms with Crippen molar-refractivity contribution >= 4 is 27.5 Å². The van der Waals surface area contributed by atoms with Gasteiger partial charge in [0, 0.05) is 19.2 Å². The van der Waals surface area contributed by atoms with Gasteiger partial charge in [-0.2, -0.15) is 0 Å². The first-order valence-electron chi connectivity index (χ1n) is 6.23. The highest BCUT2D eigenvalue weighted by molar-refractivity contribution is 9.10. The van der Waals surface area contributed by atoms with E-state index in [-0.39, 0.29) is 16.1 Å². The fourth-order valence-electron chi connectivity index (χ4n) is 2.37. The van der Waals surface area contributed by atoms with E-state index < -0.39 is 4.92 Å². The lowest BCUT2D eigenvalue weighted by molar-refractivity contribution is -0.385. The standard InChI is InChI=1S/C13H15BrN2O3/c1-9-4-3-7-15(8-9)13(17)10-5-2-6-11(12(10)14)16(18)19/h2,5-6,9H,3-4,7-8H2,1H3. The number of carbonyl (C=O) groups is 1. The van der Waals surface area contributed by atoms with E-state index in [1.807, 2.05) is 0 Å². The van der Waals surface area contributed by atoms with Gasteiger partial charge in [-0.1, -0.05) is 13.0 Å².